The molecule has 4 saturated heterocycles. The van der Waals surface area contributed by atoms with Crippen molar-refractivity contribution in [2.24, 2.45) is 0 Å². The molecule has 0 unspecified atom stereocenters. The molecule has 4 fully saturated rings. The molecule has 4 heterocycles. The predicted octanol–water partition coefficient (Wildman–Crippen LogP) is 0.213. The summed E-state index contributed by atoms with van der Waals surface area (Å²) in [6.45, 7) is 6.34. The molecule has 0 aromatic heterocycles. The number of ether oxygens (including phenoxy) is 2. The van der Waals surface area contributed by atoms with Gasteiger partial charge in [0.15, 0.2) is 0 Å². The van der Waals surface area contributed by atoms with Gasteiger partial charge in [-0.2, -0.15) is 0 Å². The summed E-state index contributed by atoms with van der Waals surface area (Å²) >= 11 is 0. The second-order valence-electron chi connectivity index (χ2n) is 6.79. The molecule has 8 nitrogen and oxygen atoms in total. The van der Waals surface area contributed by atoms with Gasteiger partial charge in [0.25, 0.3) is 0 Å². The standard InChI is InChI=1S/2C7H13NO.C2H2O4/c2*1-2-4-9-7(3-1)5-8-6-7;3-1(4)2(5)6/h2*8H,1-6H2;(H,3,4)(H,5,6). The summed E-state index contributed by atoms with van der Waals surface area (Å²) in [5.74, 6) is -3.65. The van der Waals surface area contributed by atoms with E-state index in [1.54, 1.807) is 0 Å². The van der Waals surface area contributed by atoms with Crippen LogP contribution in [0, 0.1) is 0 Å². The van der Waals surface area contributed by atoms with Gasteiger partial charge < -0.3 is 30.3 Å². The molecule has 2 spiro atoms. The Morgan fingerprint density at radius 3 is 1.21 bits per heavy atom. The molecule has 4 aliphatic heterocycles. The maximum absolute atomic E-state index is 9.10. The van der Waals surface area contributed by atoms with E-state index in [4.69, 9.17) is 29.3 Å². The van der Waals surface area contributed by atoms with Gasteiger partial charge in [0.05, 0.1) is 11.2 Å². The summed E-state index contributed by atoms with van der Waals surface area (Å²) in [5.41, 5.74) is 0.580. The Morgan fingerprint density at radius 2 is 1.08 bits per heavy atom. The van der Waals surface area contributed by atoms with Crippen molar-refractivity contribution in [1.82, 2.24) is 10.6 Å². The van der Waals surface area contributed by atoms with Gasteiger partial charge in [-0.1, -0.05) is 0 Å². The van der Waals surface area contributed by atoms with Gasteiger partial charge in [0, 0.05) is 39.4 Å². The maximum atomic E-state index is 9.10. The summed E-state index contributed by atoms with van der Waals surface area (Å²) in [7, 11) is 0. The third kappa shape index (κ3) is 5.41. The Kier molecular flexibility index (Phi) is 6.97. The van der Waals surface area contributed by atoms with Crippen molar-refractivity contribution in [1.29, 1.82) is 0 Å². The maximum Gasteiger partial charge on any atom is 0.414 e. The van der Waals surface area contributed by atoms with Crippen molar-refractivity contribution in [3.05, 3.63) is 0 Å². The Hall–Kier alpha value is -1.22. The number of nitrogens with one attached hydrogen (secondary N) is 2. The summed E-state index contributed by atoms with van der Waals surface area (Å²) < 4.78 is 11.3. The van der Waals surface area contributed by atoms with Crippen LogP contribution in [0.2, 0.25) is 0 Å². The first-order valence-corrected chi connectivity index (χ1v) is 8.63. The largest absolute Gasteiger partial charge is 0.473 e. The molecule has 0 bridgehead atoms. The smallest absolute Gasteiger partial charge is 0.414 e. The van der Waals surface area contributed by atoms with Crippen molar-refractivity contribution >= 4 is 11.9 Å². The number of rotatable bonds is 0. The number of hydrogen-bond donors (Lipinski definition) is 4. The first-order valence-electron chi connectivity index (χ1n) is 8.63. The predicted molar refractivity (Wildman–Crippen MR) is 86.1 cm³/mol. The molecule has 0 atom stereocenters. The number of aliphatic carboxylic acids is 2. The third-order valence-electron chi connectivity index (χ3n) is 4.84. The van der Waals surface area contributed by atoms with E-state index in [-0.39, 0.29) is 11.2 Å². The minimum atomic E-state index is -1.82. The fraction of sp³-hybridized carbons (Fsp3) is 0.875. The van der Waals surface area contributed by atoms with Gasteiger partial charge in [0.1, 0.15) is 0 Å². The summed E-state index contributed by atoms with van der Waals surface area (Å²) in [6.07, 6.45) is 7.81. The minimum absolute atomic E-state index is 0.290. The SMILES string of the molecule is C1CCC2(CNC2)OC1.C1CCC2(CNC2)OC1.O=C(O)C(=O)O. The highest BCUT2D eigenvalue weighted by Gasteiger charge is 2.39. The fourth-order valence-electron chi connectivity index (χ4n) is 3.19. The van der Waals surface area contributed by atoms with Crippen LogP contribution in [0.5, 0.6) is 0 Å². The van der Waals surface area contributed by atoms with Gasteiger partial charge in [-0.25, -0.2) is 9.59 Å². The second-order valence-corrected chi connectivity index (χ2v) is 6.79. The summed E-state index contributed by atoms with van der Waals surface area (Å²) in [5, 5.41) is 21.3. The molecular formula is C16H28N2O6. The van der Waals surface area contributed by atoms with E-state index in [0.717, 1.165) is 39.4 Å². The van der Waals surface area contributed by atoms with Gasteiger partial charge in [0.2, 0.25) is 0 Å². The Labute approximate surface area is 141 Å². The minimum Gasteiger partial charge on any atom is -0.473 e. The average Bonchev–Trinajstić information content (AvgIpc) is 2.55. The van der Waals surface area contributed by atoms with Crippen molar-refractivity contribution in [2.75, 3.05) is 39.4 Å². The van der Waals surface area contributed by atoms with E-state index < -0.39 is 11.9 Å². The van der Waals surface area contributed by atoms with Crippen molar-refractivity contribution in [3.8, 4) is 0 Å². The van der Waals surface area contributed by atoms with Gasteiger partial charge in [-0.3, -0.25) is 0 Å². The Bertz CT molecular complexity index is 378. The highest BCUT2D eigenvalue weighted by atomic mass is 16.5. The second kappa shape index (κ2) is 8.75. The van der Waals surface area contributed by atoms with Gasteiger partial charge >= 0.3 is 11.9 Å². The van der Waals surface area contributed by atoms with Crippen LogP contribution in [0.4, 0.5) is 0 Å². The van der Waals surface area contributed by atoms with E-state index in [9.17, 15) is 0 Å². The first-order chi connectivity index (χ1) is 11.5. The molecule has 4 rings (SSSR count). The fourth-order valence-corrected chi connectivity index (χ4v) is 3.19. The van der Waals surface area contributed by atoms with Crippen LogP contribution in [0.25, 0.3) is 0 Å². The van der Waals surface area contributed by atoms with E-state index in [1.165, 1.54) is 38.5 Å². The lowest BCUT2D eigenvalue weighted by Gasteiger charge is -2.45. The molecule has 138 valence electrons. The van der Waals surface area contributed by atoms with Gasteiger partial charge in [-0.05, 0) is 38.5 Å². The number of carbonyl (C=O) groups is 2. The number of carboxylic acids is 2. The van der Waals surface area contributed by atoms with Crippen molar-refractivity contribution in [3.63, 3.8) is 0 Å². The van der Waals surface area contributed by atoms with Crippen LogP contribution >= 0.6 is 0 Å². The molecular weight excluding hydrogens is 316 g/mol. The highest BCUT2D eigenvalue weighted by molar-refractivity contribution is 6.27. The van der Waals surface area contributed by atoms with Crippen molar-refractivity contribution < 1.29 is 29.3 Å². The van der Waals surface area contributed by atoms with E-state index in [2.05, 4.69) is 10.6 Å². The lowest BCUT2D eigenvalue weighted by Crippen LogP contribution is -2.62. The lowest BCUT2D eigenvalue weighted by atomic mass is 9.88. The molecule has 0 aliphatic carbocycles. The molecule has 0 amide bonds. The summed E-state index contributed by atoms with van der Waals surface area (Å²) in [6, 6.07) is 0. The normalized spacial score (nSPS) is 25.8. The lowest BCUT2D eigenvalue weighted by molar-refractivity contribution is -0.159. The van der Waals surface area contributed by atoms with E-state index in [0.29, 0.717) is 0 Å². The summed E-state index contributed by atoms with van der Waals surface area (Å²) in [4.78, 5) is 18.2. The quantitative estimate of drug-likeness (QED) is 0.461. The molecule has 0 aromatic carbocycles. The molecule has 0 aromatic rings. The van der Waals surface area contributed by atoms with Crippen LogP contribution in [0.1, 0.15) is 38.5 Å². The first kappa shape index (κ1) is 19.1. The highest BCUT2D eigenvalue weighted by Crippen LogP contribution is 2.28. The molecule has 0 saturated carbocycles. The zero-order chi connectivity index (χ0) is 17.5. The van der Waals surface area contributed by atoms with Crippen LogP contribution < -0.4 is 10.6 Å². The van der Waals surface area contributed by atoms with Crippen LogP contribution in [0.15, 0.2) is 0 Å². The molecule has 4 N–H and O–H groups in total. The molecule has 4 aliphatic rings. The van der Waals surface area contributed by atoms with Gasteiger partial charge in [-0.15, -0.1) is 0 Å². The monoisotopic (exact) mass is 344 g/mol. The van der Waals surface area contributed by atoms with Crippen LogP contribution in [-0.2, 0) is 19.1 Å². The molecule has 0 radical (unpaired) electrons. The van der Waals surface area contributed by atoms with E-state index in [1.807, 2.05) is 0 Å². The van der Waals surface area contributed by atoms with Crippen LogP contribution in [0.3, 0.4) is 0 Å². The Morgan fingerprint density at radius 1 is 0.708 bits per heavy atom. The third-order valence-corrected chi connectivity index (χ3v) is 4.84. The number of carboxylic acid groups (broad SMARTS) is 2. The van der Waals surface area contributed by atoms with Crippen molar-refractivity contribution in [2.45, 2.75) is 49.7 Å². The topological polar surface area (TPSA) is 117 Å². The zero-order valence-electron chi connectivity index (χ0n) is 14.0. The molecule has 8 heteroatoms. The zero-order valence-corrected chi connectivity index (χ0v) is 14.0. The number of hydrogen-bond acceptors (Lipinski definition) is 6. The average molecular weight is 344 g/mol. The Balaban J connectivity index is 0.000000134. The van der Waals surface area contributed by atoms with Crippen LogP contribution in [-0.4, -0.2) is 72.7 Å². The molecule has 24 heavy (non-hydrogen) atoms. The van der Waals surface area contributed by atoms with E-state index >= 15 is 0 Å².